The van der Waals surface area contributed by atoms with Crippen LogP contribution in [-0.4, -0.2) is 44.4 Å². The van der Waals surface area contributed by atoms with Crippen molar-refractivity contribution in [2.45, 2.75) is 18.2 Å². The second-order valence-electron chi connectivity index (χ2n) is 7.73. The number of nitrogens with two attached hydrogens (primary N) is 1. The summed E-state index contributed by atoms with van der Waals surface area (Å²) >= 11 is 1.11. The maximum Gasteiger partial charge on any atom is 0.271 e. The number of aromatic amines is 1. The summed E-state index contributed by atoms with van der Waals surface area (Å²) < 4.78 is 26.9. The number of anilines is 3. The van der Waals surface area contributed by atoms with Gasteiger partial charge in [0.1, 0.15) is 16.4 Å². The summed E-state index contributed by atoms with van der Waals surface area (Å²) in [6.07, 6.45) is 1.66. The number of H-pyrrole nitrogens is 1. The monoisotopic (exact) mass is 485 g/mol. The zero-order valence-corrected chi connectivity index (χ0v) is 19.9. The van der Waals surface area contributed by atoms with Gasteiger partial charge in [0, 0.05) is 36.8 Å². The van der Waals surface area contributed by atoms with E-state index >= 15 is 0 Å². The number of rotatable bonds is 5. The van der Waals surface area contributed by atoms with Gasteiger partial charge in [-0.05, 0) is 66.3 Å². The van der Waals surface area contributed by atoms with Crippen LogP contribution in [0.3, 0.4) is 0 Å². The summed E-state index contributed by atoms with van der Waals surface area (Å²) in [4.78, 5) is 31.1. The highest BCUT2D eigenvalue weighted by atomic mass is 32.2. The third kappa shape index (κ3) is 4.16. The molecule has 0 atom stereocenters. The van der Waals surface area contributed by atoms with Crippen molar-refractivity contribution in [3.8, 4) is 0 Å². The summed E-state index contributed by atoms with van der Waals surface area (Å²) in [6, 6.07) is 10.3. The Kier molecular flexibility index (Phi) is 5.85. The van der Waals surface area contributed by atoms with E-state index in [0.29, 0.717) is 40.5 Å². The Bertz CT molecular complexity index is 1450. The molecule has 0 spiro atoms. The van der Waals surface area contributed by atoms with Gasteiger partial charge >= 0.3 is 0 Å². The Hall–Kier alpha value is -3.44. The molecule has 1 aliphatic heterocycles. The molecular formula is C22H23N5O4S2. The first-order valence-electron chi connectivity index (χ1n) is 10.1. The Morgan fingerprint density at radius 1 is 1.27 bits per heavy atom. The van der Waals surface area contributed by atoms with Crippen molar-refractivity contribution >= 4 is 49.5 Å². The second kappa shape index (κ2) is 8.49. The number of nitrogens with zero attached hydrogens (tertiary/aromatic N) is 2. The van der Waals surface area contributed by atoms with E-state index in [4.69, 9.17) is 5.73 Å². The second-order valence-corrected chi connectivity index (χ2v) is 10.5. The normalized spacial score (nSPS) is 13.8. The van der Waals surface area contributed by atoms with Gasteiger partial charge in [0.15, 0.2) is 9.84 Å². The molecule has 0 radical (unpaired) electrons. The molecule has 4 rings (SSSR count). The number of aliphatic imine (C=N–C) groups is 1. The highest BCUT2D eigenvalue weighted by molar-refractivity contribution is 7.90. The van der Waals surface area contributed by atoms with Gasteiger partial charge in [-0.25, -0.2) is 8.42 Å². The standard InChI is InChI=1S/C22H23N5O4S2/c1-12-11-13(25-21-18(19(23)24-2)20(28)26-32-21)7-8-14(12)22(29)27-10-9-15-16(27)5-4-6-17(15)33(3,30)31/h4-8,11,25H,9-10H2,1-3H3,(H2,23,24)(H,26,28). The van der Waals surface area contributed by atoms with Crippen molar-refractivity contribution in [1.29, 1.82) is 0 Å². The van der Waals surface area contributed by atoms with Crippen LogP contribution in [-0.2, 0) is 16.3 Å². The molecule has 4 N–H and O–H groups in total. The van der Waals surface area contributed by atoms with Crippen LogP contribution in [0.1, 0.15) is 27.0 Å². The van der Waals surface area contributed by atoms with E-state index in [0.717, 1.165) is 17.1 Å². The van der Waals surface area contributed by atoms with Crippen LogP contribution in [0.25, 0.3) is 0 Å². The highest BCUT2D eigenvalue weighted by Crippen LogP contribution is 2.34. The average Bonchev–Trinajstić information content (AvgIpc) is 3.35. The Balaban J connectivity index is 1.63. The van der Waals surface area contributed by atoms with Gasteiger partial charge in [-0.15, -0.1) is 0 Å². The first-order valence-corrected chi connectivity index (χ1v) is 12.8. The van der Waals surface area contributed by atoms with Crippen molar-refractivity contribution < 1.29 is 13.2 Å². The number of hydrogen-bond donors (Lipinski definition) is 3. The van der Waals surface area contributed by atoms with Crippen LogP contribution in [0.4, 0.5) is 16.4 Å². The number of aryl methyl sites for hydroxylation is 1. The van der Waals surface area contributed by atoms with Gasteiger partial charge in [-0.2, -0.15) is 0 Å². The molecule has 1 amide bonds. The number of amides is 1. The molecule has 2 heterocycles. The number of benzene rings is 2. The minimum absolute atomic E-state index is 0.129. The molecule has 2 aromatic carbocycles. The van der Waals surface area contributed by atoms with Gasteiger partial charge in [0.2, 0.25) is 0 Å². The topological polar surface area (TPSA) is 138 Å². The van der Waals surface area contributed by atoms with Crippen LogP contribution in [0.15, 0.2) is 51.1 Å². The third-order valence-corrected chi connectivity index (χ3v) is 7.52. The molecule has 33 heavy (non-hydrogen) atoms. The van der Waals surface area contributed by atoms with Crippen LogP contribution in [0.5, 0.6) is 0 Å². The predicted molar refractivity (Wildman–Crippen MR) is 131 cm³/mol. The Morgan fingerprint density at radius 2 is 2.03 bits per heavy atom. The molecular weight excluding hydrogens is 462 g/mol. The largest absolute Gasteiger partial charge is 0.383 e. The molecule has 0 aliphatic carbocycles. The molecule has 0 unspecified atom stereocenters. The zero-order chi connectivity index (χ0) is 23.9. The zero-order valence-electron chi connectivity index (χ0n) is 18.3. The fourth-order valence-corrected chi connectivity index (χ4v) is 5.70. The number of fused-ring (bicyclic) bond motifs is 1. The van der Waals surface area contributed by atoms with Crippen molar-refractivity contribution in [2.75, 3.05) is 30.1 Å². The molecule has 0 fully saturated rings. The Morgan fingerprint density at radius 3 is 2.70 bits per heavy atom. The van der Waals surface area contributed by atoms with Crippen molar-refractivity contribution in [3.05, 3.63) is 69.0 Å². The molecule has 11 heteroatoms. The average molecular weight is 486 g/mol. The van der Waals surface area contributed by atoms with Gasteiger partial charge < -0.3 is 16.0 Å². The highest BCUT2D eigenvalue weighted by Gasteiger charge is 2.30. The number of sulfone groups is 1. The van der Waals surface area contributed by atoms with E-state index in [1.807, 2.05) is 13.0 Å². The maximum absolute atomic E-state index is 13.3. The van der Waals surface area contributed by atoms with Crippen LogP contribution >= 0.6 is 11.5 Å². The van der Waals surface area contributed by atoms with Gasteiger partial charge in [-0.1, -0.05) is 6.07 Å². The smallest absolute Gasteiger partial charge is 0.271 e. The fraction of sp³-hybridized carbons (Fsp3) is 0.227. The molecule has 0 bridgehead atoms. The minimum atomic E-state index is -3.38. The molecule has 1 aliphatic rings. The quantitative estimate of drug-likeness (QED) is 0.375. The minimum Gasteiger partial charge on any atom is -0.383 e. The van der Waals surface area contributed by atoms with Crippen molar-refractivity contribution in [3.63, 3.8) is 0 Å². The number of hydrogen-bond acceptors (Lipinski definition) is 7. The van der Waals surface area contributed by atoms with E-state index in [2.05, 4.69) is 14.7 Å². The van der Waals surface area contributed by atoms with Crippen molar-refractivity contribution in [1.82, 2.24) is 4.37 Å². The van der Waals surface area contributed by atoms with Crippen LogP contribution in [0.2, 0.25) is 0 Å². The van der Waals surface area contributed by atoms with E-state index in [1.54, 1.807) is 35.2 Å². The van der Waals surface area contributed by atoms with Crippen LogP contribution in [0, 0.1) is 6.92 Å². The lowest BCUT2D eigenvalue weighted by Gasteiger charge is -2.19. The maximum atomic E-state index is 13.3. The predicted octanol–water partition coefficient (Wildman–Crippen LogP) is 2.43. The van der Waals surface area contributed by atoms with E-state index in [9.17, 15) is 18.0 Å². The van der Waals surface area contributed by atoms with Crippen molar-refractivity contribution in [2.24, 2.45) is 10.7 Å². The summed E-state index contributed by atoms with van der Waals surface area (Å²) in [6.45, 7) is 2.24. The summed E-state index contributed by atoms with van der Waals surface area (Å²) in [7, 11) is -1.87. The van der Waals surface area contributed by atoms with E-state index < -0.39 is 9.84 Å². The SMILES string of the molecule is CN=C(N)c1c(Nc2ccc(C(=O)N3CCc4c3cccc4S(C)(=O)=O)c(C)c2)s[nH]c1=O. The van der Waals surface area contributed by atoms with Gasteiger partial charge in [-0.3, -0.25) is 19.0 Å². The molecule has 172 valence electrons. The lowest BCUT2D eigenvalue weighted by molar-refractivity contribution is 0.0989. The number of amidine groups is 1. The van der Waals surface area contributed by atoms with E-state index in [1.165, 1.54) is 13.3 Å². The molecule has 3 aromatic rings. The molecule has 1 aromatic heterocycles. The first kappa shape index (κ1) is 22.7. The summed E-state index contributed by atoms with van der Waals surface area (Å²) in [5.41, 5.74) is 9.02. The lowest BCUT2D eigenvalue weighted by atomic mass is 10.1. The molecule has 0 saturated carbocycles. The number of nitrogens with one attached hydrogen (secondary N) is 2. The van der Waals surface area contributed by atoms with Gasteiger partial charge in [0.05, 0.1) is 4.90 Å². The molecule has 0 saturated heterocycles. The molecule has 9 nitrogen and oxygen atoms in total. The number of carbonyl (C=O) groups is 1. The van der Waals surface area contributed by atoms with Crippen LogP contribution < -0.4 is 21.5 Å². The first-order chi connectivity index (χ1) is 15.6. The number of aromatic nitrogens is 1. The lowest BCUT2D eigenvalue weighted by Crippen LogP contribution is -2.29. The van der Waals surface area contributed by atoms with E-state index in [-0.39, 0.29) is 27.8 Å². The Labute approximate surface area is 195 Å². The third-order valence-electron chi connectivity index (χ3n) is 5.54. The van der Waals surface area contributed by atoms with Gasteiger partial charge in [0.25, 0.3) is 11.5 Å². The summed E-state index contributed by atoms with van der Waals surface area (Å²) in [5.74, 6) is -0.0671. The summed E-state index contributed by atoms with van der Waals surface area (Å²) in [5, 5.41) is 3.69. The number of carbonyl (C=O) groups excluding carboxylic acids is 1. The fourth-order valence-electron chi connectivity index (χ4n) is 3.95.